The largest absolute Gasteiger partial charge is 0.332 e. The maximum Gasteiger partial charge on any atom is 0.332 e. The topological polar surface area (TPSA) is 61.8 Å². The van der Waals surface area contributed by atoms with Crippen LogP contribution in [0.3, 0.4) is 0 Å². The summed E-state index contributed by atoms with van der Waals surface area (Å²) in [7, 11) is 2.87. The van der Waals surface area contributed by atoms with Crippen LogP contribution in [-0.2, 0) is 20.6 Å². The number of benzene rings is 1. The van der Waals surface area contributed by atoms with Crippen molar-refractivity contribution in [1.29, 1.82) is 0 Å². The molecular formula is C14H12ClFN4O2. The third-order valence-electron chi connectivity index (χ3n) is 3.59. The first-order chi connectivity index (χ1) is 10.4. The third kappa shape index (κ3) is 2.05. The van der Waals surface area contributed by atoms with Crippen LogP contribution >= 0.6 is 11.6 Å². The molecule has 0 N–H and O–H groups in total. The van der Waals surface area contributed by atoms with E-state index in [2.05, 4.69) is 4.98 Å². The molecule has 3 aromatic rings. The van der Waals surface area contributed by atoms with E-state index in [4.69, 9.17) is 11.6 Å². The molecule has 1 aromatic carbocycles. The quantitative estimate of drug-likeness (QED) is 0.668. The van der Waals surface area contributed by atoms with Gasteiger partial charge < -0.3 is 4.57 Å². The van der Waals surface area contributed by atoms with E-state index in [0.717, 1.165) is 4.57 Å². The van der Waals surface area contributed by atoms with Crippen molar-refractivity contribution in [2.24, 2.45) is 14.1 Å². The molecule has 0 aliphatic heterocycles. The van der Waals surface area contributed by atoms with Crippen molar-refractivity contribution >= 4 is 22.8 Å². The Morgan fingerprint density at radius 2 is 1.86 bits per heavy atom. The Morgan fingerprint density at radius 1 is 1.18 bits per heavy atom. The monoisotopic (exact) mass is 322 g/mol. The Balaban J connectivity index is 2.32. The van der Waals surface area contributed by atoms with Gasteiger partial charge in [0.05, 0.1) is 6.54 Å². The zero-order chi connectivity index (χ0) is 16.0. The molecule has 6 nitrogen and oxygen atoms in total. The molecule has 0 saturated carbocycles. The molecule has 22 heavy (non-hydrogen) atoms. The number of hydrogen-bond acceptors (Lipinski definition) is 3. The molecular weight excluding hydrogens is 311 g/mol. The van der Waals surface area contributed by atoms with Crippen LogP contribution in [0.1, 0.15) is 5.56 Å². The van der Waals surface area contributed by atoms with Gasteiger partial charge in [-0.1, -0.05) is 18.2 Å². The van der Waals surface area contributed by atoms with E-state index in [1.54, 1.807) is 18.2 Å². The molecule has 3 rings (SSSR count). The van der Waals surface area contributed by atoms with Crippen LogP contribution in [0.5, 0.6) is 0 Å². The number of imidazole rings is 1. The predicted octanol–water partition coefficient (Wildman–Crippen LogP) is 1.27. The van der Waals surface area contributed by atoms with Crippen LogP contribution in [0.25, 0.3) is 11.2 Å². The molecule has 0 aliphatic rings. The lowest BCUT2D eigenvalue weighted by molar-refractivity contribution is 0.601. The molecule has 8 heteroatoms. The highest BCUT2D eigenvalue weighted by molar-refractivity contribution is 6.29. The van der Waals surface area contributed by atoms with Gasteiger partial charge in [-0.3, -0.25) is 13.9 Å². The summed E-state index contributed by atoms with van der Waals surface area (Å²) in [6, 6.07) is 6.20. The van der Waals surface area contributed by atoms with E-state index >= 15 is 0 Å². The molecule has 0 fully saturated rings. The molecule has 0 unspecified atom stereocenters. The summed E-state index contributed by atoms with van der Waals surface area (Å²) in [5.74, 6) is -0.401. The van der Waals surface area contributed by atoms with Crippen LogP contribution < -0.4 is 11.2 Å². The second kappa shape index (κ2) is 5.10. The average molecular weight is 323 g/mol. The van der Waals surface area contributed by atoms with Gasteiger partial charge in [-0.25, -0.2) is 9.18 Å². The van der Waals surface area contributed by atoms with Gasteiger partial charge in [0, 0.05) is 19.7 Å². The number of rotatable bonds is 2. The zero-order valence-corrected chi connectivity index (χ0v) is 12.6. The molecule has 0 radical (unpaired) electrons. The number of aromatic nitrogens is 4. The normalized spacial score (nSPS) is 11.3. The van der Waals surface area contributed by atoms with Crippen molar-refractivity contribution in [3.05, 3.63) is 61.8 Å². The Hall–Kier alpha value is -2.41. The van der Waals surface area contributed by atoms with Gasteiger partial charge in [0.2, 0.25) is 5.28 Å². The SMILES string of the molecule is Cn1c(=O)c2c(nc(Cl)n2Cc2ccccc2F)n(C)c1=O. The molecule has 0 bridgehead atoms. The minimum atomic E-state index is -0.520. The maximum absolute atomic E-state index is 13.8. The molecule has 0 spiro atoms. The van der Waals surface area contributed by atoms with Crippen LogP contribution in [-0.4, -0.2) is 18.7 Å². The Kier molecular flexibility index (Phi) is 3.37. The summed E-state index contributed by atoms with van der Waals surface area (Å²) < 4.78 is 17.4. The van der Waals surface area contributed by atoms with E-state index in [1.165, 1.54) is 29.3 Å². The highest BCUT2D eigenvalue weighted by Gasteiger charge is 2.18. The minimum absolute atomic E-state index is 0.0246. The number of nitrogens with zero attached hydrogens (tertiary/aromatic N) is 4. The van der Waals surface area contributed by atoms with Gasteiger partial charge in [0.15, 0.2) is 11.2 Å². The first-order valence-corrected chi connectivity index (χ1v) is 6.84. The van der Waals surface area contributed by atoms with E-state index in [1.807, 2.05) is 0 Å². The average Bonchev–Trinajstić information content (AvgIpc) is 2.82. The summed E-state index contributed by atoms with van der Waals surface area (Å²) in [4.78, 5) is 28.3. The van der Waals surface area contributed by atoms with Gasteiger partial charge in [0.1, 0.15) is 5.82 Å². The van der Waals surface area contributed by atoms with E-state index in [0.29, 0.717) is 5.56 Å². The van der Waals surface area contributed by atoms with E-state index in [-0.39, 0.29) is 23.0 Å². The fourth-order valence-corrected chi connectivity index (χ4v) is 2.59. The van der Waals surface area contributed by atoms with Crippen molar-refractivity contribution in [2.75, 3.05) is 0 Å². The first kappa shape index (κ1) is 14.5. The van der Waals surface area contributed by atoms with E-state index in [9.17, 15) is 14.0 Å². The zero-order valence-electron chi connectivity index (χ0n) is 11.9. The van der Waals surface area contributed by atoms with Crippen molar-refractivity contribution < 1.29 is 4.39 Å². The van der Waals surface area contributed by atoms with Crippen molar-refractivity contribution in [3.8, 4) is 0 Å². The predicted molar refractivity (Wildman–Crippen MR) is 80.7 cm³/mol. The lowest BCUT2D eigenvalue weighted by Gasteiger charge is -2.08. The van der Waals surface area contributed by atoms with Gasteiger partial charge in [-0.2, -0.15) is 4.98 Å². The second-order valence-electron chi connectivity index (χ2n) is 4.94. The maximum atomic E-state index is 13.8. The van der Waals surface area contributed by atoms with E-state index < -0.39 is 17.1 Å². The molecule has 0 amide bonds. The van der Waals surface area contributed by atoms with Gasteiger partial charge in [-0.15, -0.1) is 0 Å². The molecule has 114 valence electrons. The lowest BCUT2D eigenvalue weighted by Crippen LogP contribution is -2.37. The summed E-state index contributed by atoms with van der Waals surface area (Å²) in [5, 5.41) is 0.0246. The second-order valence-corrected chi connectivity index (χ2v) is 5.27. The summed E-state index contributed by atoms with van der Waals surface area (Å²) in [6.07, 6.45) is 0. The fraction of sp³-hybridized carbons (Fsp3) is 0.214. The Bertz CT molecular complexity index is 1000. The Labute approximate surface area is 129 Å². The Morgan fingerprint density at radius 3 is 2.55 bits per heavy atom. The van der Waals surface area contributed by atoms with Crippen LogP contribution in [0, 0.1) is 5.82 Å². The molecule has 0 atom stereocenters. The molecule has 2 aromatic heterocycles. The van der Waals surface area contributed by atoms with Crippen molar-refractivity contribution in [3.63, 3.8) is 0 Å². The van der Waals surface area contributed by atoms with Crippen LogP contribution in [0.15, 0.2) is 33.9 Å². The first-order valence-electron chi connectivity index (χ1n) is 6.47. The third-order valence-corrected chi connectivity index (χ3v) is 3.88. The fourth-order valence-electron chi connectivity index (χ4n) is 2.36. The van der Waals surface area contributed by atoms with Gasteiger partial charge in [-0.05, 0) is 17.7 Å². The summed E-state index contributed by atoms with van der Waals surface area (Å²) in [5.41, 5.74) is -0.301. The van der Waals surface area contributed by atoms with Gasteiger partial charge in [0.25, 0.3) is 5.56 Å². The van der Waals surface area contributed by atoms with Crippen molar-refractivity contribution in [2.45, 2.75) is 6.54 Å². The smallest absolute Gasteiger partial charge is 0.304 e. The summed E-state index contributed by atoms with van der Waals surface area (Å²) >= 11 is 6.08. The van der Waals surface area contributed by atoms with Crippen LogP contribution in [0.4, 0.5) is 4.39 Å². The van der Waals surface area contributed by atoms with Gasteiger partial charge >= 0.3 is 5.69 Å². The molecule has 0 aliphatic carbocycles. The standard InChI is InChI=1S/C14H12ClFN4O2/c1-18-11-10(12(21)19(2)14(18)22)20(13(15)17-11)7-8-5-3-4-6-9(8)16/h3-6H,7H2,1-2H3. The summed E-state index contributed by atoms with van der Waals surface area (Å²) in [6.45, 7) is 0.0510. The number of aryl methyl sites for hydroxylation is 1. The minimum Gasteiger partial charge on any atom is -0.304 e. The molecule has 0 saturated heterocycles. The number of halogens is 2. The molecule has 2 heterocycles. The van der Waals surface area contributed by atoms with Crippen LogP contribution in [0.2, 0.25) is 5.28 Å². The lowest BCUT2D eigenvalue weighted by atomic mass is 10.2. The number of hydrogen-bond donors (Lipinski definition) is 0. The highest BCUT2D eigenvalue weighted by Crippen LogP contribution is 2.18. The number of fused-ring (bicyclic) bond motifs is 1. The highest BCUT2D eigenvalue weighted by atomic mass is 35.5. The van der Waals surface area contributed by atoms with Crippen molar-refractivity contribution in [1.82, 2.24) is 18.7 Å².